The lowest BCUT2D eigenvalue weighted by Crippen LogP contribution is -2.60. The molecule has 0 aliphatic carbocycles. The first-order chi connectivity index (χ1) is 38.3. The first kappa shape index (κ1) is 73.1. The molecule has 7 atom stereocenters. The van der Waals surface area contributed by atoms with E-state index in [1.807, 2.05) is 6.08 Å². The molecule has 0 radical (unpaired) electrons. The van der Waals surface area contributed by atoms with Gasteiger partial charge in [0, 0.05) is 6.42 Å². The first-order valence-electron chi connectivity index (χ1n) is 32.5. The Morgan fingerprint density at radius 3 is 1.23 bits per heavy atom. The van der Waals surface area contributed by atoms with Gasteiger partial charge in [-0.2, -0.15) is 0 Å². The minimum Gasteiger partial charge on any atom is -0.394 e. The van der Waals surface area contributed by atoms with E-state index in [0.29, 0.717) is 6.42 Å². The molecule has 1 saturated heterocycles. The second-order valence-corrected chi connectivity index (χ2v) is 22.2. The molecule has 1 fully saturated rings. The Hall–Kier alpha value is -2.89. The third-order valence-electron chi connectivity index (χ3n) is 14.9. The summed E-state index contributed by atoms with van der Waals surface area (Å²) >= 11 is 0. The van der Waals surface area contributed by atoms with Crippen LogP contribution in [0.1, 0.15) is 277 Å². The van der Waals surface area contributed by atoms with Crippen molar-refractivity contribution >= 4 is 5.91 Å². The molecule has 450 valence electrons. The van der Waals surface area contributed by atoms with E-state index in [-0.39, 0.29) is 12.5 Å². The number of unbranched alkanes of at least 4 members (excludes halogenated alkanes) is 31. The van der Waals surface area contributed by atoms with Crippen LogP contribution in [0.15, 0.2) is 97.2 Å². The highest BCUT2D eigenvalue weighted by Crippen LogP contribution is 2.23. The SMILES string of the molecule is CC/C=C\C/C=C\C/C=C\C/C=C\C/C=C\C/C=C\CCCCCCCCCCCCCCCCCCCCC(=O)NC(COC1OC(CO)C(O)C(O)C1O)C(O)/C=C/CC/C=C/CCCCCCCCCCCCCC. The normalized spacial score (nSPS) is 19.3. The van der Waals surface area contributed by atoms with E-state index in [1.165, 1.54) is 180 Å². The topological polar surface area (TPSA) is 149 Å². The van der Waals surface area contributed by atoms with E-state index in [1.54, 1.807) is 6.08 Å². The first-order valence-corrected chi connectivity index (χ1v) is 32.5. The van der Waals surface area contributed by atoms with Crippen LogP contribution in [0.2, 0.25) is 0 Å². The molecule has 1 rings (SSSR count). The fourth-order valence-electron chi connectivity index (χ4n) is 9.83. The van der Waals surface area contributed by atoms with Crippen LogP contribution in [0, 0.1) is 0 Å². The zero-order valence-corrected chi connectivity index (χ0v) is 50.1. The predicted molar refractivity (Wildman–Crippen MR) is 331 cm³/mol. The third-order valence-corrected chi connectivity index (χ3v) is 14.9. The molecule has 78 heavy (non-hydrogen) atoms. The summed E-state index contributed by atoms with van der Waals surface area (Å²) in [5, 5.41) is 54.6. The number of nitrogens with one attached hydrogen (secondary N) is 1. The summed E-state index contributed by atoms with van der Waals surface area (Å²) in [6.45, 7) is 3.66. The van der Waals surface area contributed by atoms with Gasteiger partial charge < -0.3 is 40.3 Å². The smallest absolute Gasteiger partial charge is 0.220 e. The van der Waals surface area contributed by atoms with Crippen molar-refractivity contribution in [3.63, 3.8) is 0 Å². The van der Waals surface area contributed by atoms with Crippen LogP contribution in [-0.4, -0.2) is 87.5 Å². The van der Waals surface area contributed by atoms with Crippen LogP contribution >= 0.6 is 0 Å². The zero-order chi connectivity index (χ0) is 56.5. The number of carbonyl (C=O) groups is 1. The molecule has 1 heterocycles. The summed E-state index contributed by atoms with van der Waals surface area (Å²) in [6, 6.07) is -0.826. The molecule has 1 aliphatic rings. The van der Waals surface area contributed by atoms with E-state index in [2.05, 4.69) is 104 Å². The maximum Gasteiger partial charge on any atom is 0.220 e. The summed E-state index contributed by atoms with van der Waals surface area (Å²) in [5.41, 5.74) is 0. The van der Waals surface area contributed by atoms with Crippen molar-refractivity contribution in [3.8, 4) is 0 Å². The highest BCUT2D eigenvalue weighted by Gasteiger charge is 2.44. The van der Waals surface area contributed by atoms with Crippen molar-refractivity contribution in [2.75, 3.05) is 13.2 Å². The number of hydrogen-bond donors (Lipinski definition) is 6. The fourth-order valence-corrected chi connectivity index (χ4v) is 9.83. The molecule has 0 aromatic heterocycles. The fraction of sp³-hybridized carbons (Fsp3) is 0.754. The molecule has 7 unspecified atom stereocenters. The van der Waals surface area contributed by atoms with Gasteiger partial charge in [0.1, 0.15) is 24.4 Å². The van der Waals surface area contributed by atoms with Crippen LogP contribution < -0.4 is 5.32 Å². The van der Waals surface area contributed by atoms with Crippen LogP contribution in [0.3, 0.4) is 0 Å². The highest BCUT2D eigenvalue weighted by atomic mass is 16.7. The van der Waals surface area contributed by atoms with E-state index in [4.69, 9.17) is 9.47 Å². The molecule has 0 spiro atoms. The van der Waals surface area contributed by atoms with Gasteiger partial charge in [0.15, 0.2) is 6.29 Å². The standard InChI is InChI=1S/C69H121NO8/c1-3-5-7-9-11-13-15-17-19-21-23-24-25-26-27-28-29-30-31-32-33-34-35-36-37-38-39-40-41-43-45-47-49-51-53-55-57-59-65(73)70-62(61-77-69-68(76)67(75)66(74)64(60-71)78-69)63(72)58-56-54-52-50-48-46-44-42-22-20-18-16-14-12-10-8-6-4-2/h5,7,11,13,17,19,23-24,26-27,29-30,48,50,56,58,62-64,66-69,71-72,74-76H,3-4,6,8-10,12,14-16,18,20-22,25,28,31-47,49,51-55,57,59-61H2,1-2H3,(H,70,73)/b7-5-,13-11-,19-17-,24-23-,27-26-,30-29-,50-48+,58-56+. The molecule has 0 aromatic rings. The van der Waals surface area contributed by atoms with Gasteiger partial charge >= 0.3 is 0 Å². The average Bonchev–Trinajstić information content (AvgIpc) is 3.45. The van der Waals surface area contributed by atoms with Crippen LogP contribution in [0.4, 0.5) is 0 Å². The van der Waals surface area contributed by atoms with Gasteiger partial charge in [0.25, 0.3) is 0 Å². The van der Waals surface area contributed by atoms with Gasteiger partial charge in [-0.05, 0) is 83.5 Å². The van der Waals surface area contributed by atoms with Gasteiger partial charge in [-0.15, -0.1) is 0 Å². The Balaban J connectivity index is 2.12. The Kier molecular flexibility index (Phi) is 53.8. The summed E-state index contributed by atoms with van der Waals surface area (Å²) in [4.78, 5) is 13.1. The van der Waals surface area contributed by atoms with Crippen molar-refractivity contribution < 1.29 is 39.8 Å². The van der Waals surface area contributed by atoms with E-state index < -0.39 is 49.5 Å². The Morgan fingerprint density at radius 2 is 0.808 bits per heavy atom. The Labute approximate surface area is 479 Å². The summed E-state index contributed by atoms with van der Waals surface area (Å²) < 4.78 is 11.3. The number of allylic oxidation sites excluding steroid dienone is 15. The van der Waals surface area contributed by atoms with Gasteiger partial charge in [-0.25, -0.2) is 0 Å². The van der Waals surface area contributed by atoms with Crippen molar-refractivity contribution in [3.05, 3.63) is 97.2 Å². The maximum atomic E-state index is 13.1. The molecule has 1 aliphatic heterocycles. The van der Waals surface area contributed by atoms with Crippen molar-refractivity contribution in [1.29, 1.82) is 0 Å². The largest absolute Gasteiger partial charge is 0.394 e. The van der Waals surface area contributed by atoms with Crippen molar-refractivity contribution in [2.45, 2.75) is 320 Å². The van der Waals surface area contributed by atoms with E-state index in [9.17, 15) is 30.3 Å². The third kappa shape index (κ3) is 45.8. The molecule has 0 bridgehead atoms. The van der Waals surface area contributed by atoms with Crippen molar-refractivity contribution in [1.82, 2.24) is 5.32 Å². The maximum absolute atomic E-state index is 13.1. The average molecular weight is 1090 g/mol. The van der Waals surface area contributed by atoms with Gasteiger partial charge in [0.05, 0.1) is 25.4 Å². The second kappa shape index (κ2) is 57.3. The number of aliphatic hydroxyl groups is 5. The second-order valence-electron chi connectivity index (χ2n) is 22.2. The Morgan fingerprint density at radius 1 is 0.449 bits per heavy atom. The van der Waals surface area contributed by atoms with Crippen LogP contribution in [0.5, 0.6) is 0 Å². The van der Waals surface area contributed by atoms with Gasteiger partial charge in [0.2, 0.25) is 5.91 Å². The monoisotopic (exact) mass is 1090 g/mol. The lowest BCUT2D eigenvalue weighted by Gasteiger charge is -2.40. The lowest BCUT2D eigenvalue weighted by molar-refractivity contribution is -0.302. The molecule has 0 saturated carbocycles. The number of hydrogen-bond acceptors (Lipinski definition) is 8. The number of rotatable bonds is 55. The van der Waals surface area contributed by atoms with Crippen LogP contribution in [-0.2, 0) is 14.3 Å². The molecular formula is C69H121NO8. The summed E-state index contributed by atoms with van der Waals surface area (Å²) in [6.07, 6.45) is 76.4. The van der Waals surface area contributed by atoms with E-state index in [0.717, 1.165) is 77.0 Å². The number of carbonyl (C=O) groups excluding carboxylic acids is 1. The van der Waals surface area contributed by atoms with Crippen molar-refractivity contribution in [2.24, 2.45) is 0 Å². The predicted octanol–water partition coefficient (Wildman–Crippen LogP) is 17.1. The van der Waals surface area contributed by atoms with Gasteiger partial charge in [-0.3, -0.25) is 4.79 Å². The molecule has 0 aromatic carbocycles. The molecule has 9 nitrogen and oxygen atoms in total. The Bertz CT molecular complexity index is 1550. The van der Waals surface area contributed by atoms with E-state index >= 15 is 0 Å². The number of amides is 1. The lowest BCUT2D eigenvalue weighted by atomic mass is 9.99. The molecular weight excluding hydrogens is 971 g/mol. The van der Waals surface area contributed by atoms with Crippen LogP contribution in [0.25, 0.3) is 0 Å². The zero-order valence-electron chi connectivity index (χ0n) is 50.1. The number of aliphatic hydroxyl groups excluding tert-OH is 5. The molecule has 9 heteroatoms. The number of ether oxygens (including phenoxy) is 2. The summed E-state index contributed by atoms with van der Waals surface area (Å²) in [7, 11) is 0. The molecule has 6 N–H and O–H groups in total. The minimum atomic E-state index is -1.58. The quantitative estimate of drug-likeness (QED) is 0.0261. The molecule has 1 amide bonds. The van der Waals surface area contributed by atoms with Gasteiger partial charge in [-0.1, -0.05) is 284 Å². The minimum absolute atomic E-state index is 0.186. The highest BCUT2D eigenvalue weighted by molar-refractivity contribution is 5.76. The summed E-state index contributed by atoms with van der Waals surface area (Å²) in [5.74, 6) is -0.186.